The molecule has 3 rings (SSSR count). The van der Waals surface area contributed by atoms with Crippen molar-refractivity contribution in [3.05, 3.63) is 78.4 Å². The molecule has 0 aromatic heterocycles. The highest BCUT2D eigenvalue weighted by Crippen LogP contribution is 2.32. The quantitative estimate of drug-likeness (QED) is 0.683. The number of benzene rings is 3. The van der Waals surface area contributed by atoms with Crippen molar-refractivity contribution in [3.63, 3.8) is 0 Å². The van der Waals surface area contributed by atoms with Gasteiger partial charge in [0.05, 0.1) is 0 Å². The van der Waals surface area contributed by atoms with Crippen LogP contribution in [0.4, 0.5) is 0 Å². The van der Waals surface area contributed by atoms with Crippen LogP contribution in [0.15, 0.2) is 77.7 Å². The summed E-state index contributed by atoms with van der Waals surface area (Å²) in [5.74, 6) is 0. The van der Waals surface area contributed by atoms with E-state index in [4.69, 9.17) is 5.73 Å². The summed E-state index contributed by atoms with van der Waals surface area (Å²) in [5, 5.41) is 2.89. The van der Waals surface area contributed by atoms with Crippen molar-refractivity contribution < 1.29 is 0 Å². The Labute approximate surface area is 130 Å². The third-order valence-electron chi connectivity index (χ3n) is 3.73. The highest BCUT2D eigenvalue weighted by atomic mass is 32.2. The second-order valence-electron chi connectivity index (χ2n) is 5.27. The van der Waals surface area contributed by atoms with E-state index in [9.17, 15) is 0 Å². The highest BCUT2D eigenvalue weighted by Gasteiger charge is 2.15. The van der Waals surface area contributed by atoms with E-state index >= 15 is 0 Å². The summed E-state index contributed by atoms with van der Waals surface area (Å²) < 4.78 is 0. The number of nitrogens with two attached hydrogens (primary N) is 1. The Morgan fingerprint density at radius 2 is 1.48 bits per heavy atom. The maximum atomic E-state index is 6.38. The van der Waals surface area contributed by atoms with Gasteiger partial charge >= 0.3 is 0 Å². The Morgan fingerprint density at radius 3 is 2.24 bits per heavy atom. The van der Waals surface area contributed by atoms with E-state index in [1.165, 1.54) is 21.2 Å². The molecule has 0 radical (unpaired) electrons. The number of rotatable bonds is 4. The van der Waals surface area contributed by atoms with Gasteiger partial charge in [-0.25, -0.2) is 0 Å². The van der Waals surface area contributed by atoms with Crippen LogP contribution >= 0.6 is 11.8 Å². The van der Waals surface area contributed by atoms with E-state index in [-0.39, 0.29) is 6.04 Å². The normalized spacial score (nSPS) is 14.0. The first kappa shape index (κ1) is 14.2. The Hall–Kier alpha value is -1.77. The molecule has 0 bridgehead atoms. The van der Waals surface area contributed by atoms with Gasteiger partial charge < -0.3 is 5.73 Å². The van der Waals surface area contributed by atoms with Gasteiger partial charge in [-0.15, -0.1) is 11.8 Å². The molecule has 106 valence electrons. The van der Waals surface area contributed by atoms with Crippen molar-refractivity contribution in [1.29, 1.82) is 0 Å². The Balaban J connectivity index is 1.78. The van der Waals surface area contributed by atoms with Crippen LogP contribution in [0.25, 0.3) is 10.8 Å². The number of hydrogen-bond donors (Lipinski definition) is 1. The SMILES string of the molecule is CC(Sc1ccc2ccccc2c1)C(N)c1ccccc1. The maximum Gasteiger partial charge on any atom is 0.0416 e. The summed E-state index contributed by atoms with van der Waals surface area (Å²) >= 11 is 1.84. The molecule has 0 aliphatic heterocycles. The van der Waals surface area contributed by atoms with Gasteiger partial charge in [0.2, 0.25) is 0 Å². The Bertz CT molecular complexity index is 724. The largest absolute Gasteiger partial charge is 0.323 e. The zero-order valence-corrected chi connectivity index (χ0v) is 12.9. The molecule has 21 heavy (non-hydrogen) atoms. The van der Waals surface area contributed by atoms with Gasteiger partial charge in [0, 0.05) is 16.2 Å². The predicted octanol–water partition coefficient (Wildman–Crippen LogP) is 5.02. The standard InChI is InChI=1S/C19H19NS/c1-14(19(20)16-8-3-2-4-9-16)21-18-12-11-15-7-5-6-10-17(15)13-18/h2-14,19H,20H2,1H3. The van der Waals surface area contributed by atoms with Gasteiger partial charge in [-0.05, 0) is 28.5 Å². The van der Waals surface area contributed by atoms with Crippen molar-refractivity contribution in [2.45, 2.75) is 23.1 Å². The van der Waals surface area contributed by atoms with Gasteiger partial charge in [-0.1, -0.05) is 67.6 Å². The van der Waals surface area contributed by atoms with Crippen LogP contribution in [0.1, 0.15) is 18.5 Å². The van der Waals surface area contributed by atoms with E-state index < -0.39 is 0 Å². The summed E-state index contributed by atoms with van der Waals surface area (Å²) in [4.78, 5) is 1.27. The average Bonchev–Trinajstić information content (AvgIpc) is 2.55. The van der Waals surface area contributed by atoms with E-state index in [2.05, 4.69) is 61.5 Å². The fourth-order valence-corrected chi connectivity index (χ4v) is 3.55. The molecule has 0 spiro atoms. The van der Waals surface area contributed by atoms with Crippen molar-refractivity contribution in [2.24, 2.45) is 5.73 Å². The van der Waals surface area contributed by atoms with Gasteiger partial charge in [0.1, 0.15) is 0 Å². The van der Waals surface area contributed by atoms with E-state index in [0.717, 1.165) is 0 Å². The smallest absolute Gasteiger partial charge is 0.0416 e. The van der Waals surface area contributed by atoms with Crippen molar-refractivity contribution in [3.8, 4) is 0 Å². The molecule has 2 heteroatoms. The second-order valence-corrected chi connectivity index (χ2v) is 6.72. The Kier molecular flexibility index (Phi) is 4.28. The number of fused-ring (bicyclic) bond motifs is 1. The zero-order chi connectivity index (χ0) is 14.7. The molecule has 2 atom stereocenters. The minimum absolute atomic E-state index is 0.0441. The summed E-state index contributed by atoms with van der Waals surface area (Å²) in [6.07, 6.45) is 0. The molecule has 2 unspecified atom stereocenters. The summed E-state index contributed by atoms with van der Waals surface area (Å²) in [5.41, 5.74) is 7.57. The molecule has 1 nitrogen and oxygen atoms in total. The Morgan fingerprint density at radius 1 is 0.810 bits per heavy atom. The van der Waals surface area contributed by atoms with Gasteiger partial charge in [-0.2, -0.15) is 0 Å². The molecular weight excluding hydrogens is 274 g/mol. The lowest BCUT2D eigenvalue weighted by Gasteiger charge is -2.20. The minimum Gasteiger partial charge on any atom is -0.323 e. The van der Waals surface area contributed by atoms with Gasteiger partial charge in [0.15, 0.2) is 0 Å². The molecule has 0 aliphatic rings. The highest BCUT2D eigenvalue weighted by molar-refractivity contribution is 8.00. The molecule has 2 N–H and O–H groups in total. The molecule has 0 fully saturated rings. The monoisotopic (exact) mass is 293 g/mol. The van der Waals surface area contributed by atoms with Crippen LogP contribution in [0.5, 0.6) is 0 Å². The van der Waals surface area contributed by atoms with Gasteiger partial charge in [-0.3, -0.25) is 0 Å². The molecular formula is C19H19NS. The zero-order valence-electron chi connectivity index (χ0n) is 12.1. The van der Waals surface area contributed by atoms with Crippen LogP contribution in [-0.2, 0) is 0 Å². The first-order valence-corrected chi connectivity index (χ1v) is 8.08. The fourth-order valence-electron chi connectivity index (χ4n) is 2.47. The average molecular weight is 293 g/mol. The fraction of sp³-hybridized carbons (Fsp3) is 0.158. The van der Waals surface area contributed by atoms with Crippen LogP contribution < -0.4 is 5.73 Å². The van der Waals surface area contributed by atoms with Gasteiger partial charge in [0.25, 0.3) is 0 Å². The maximum absolute atomic E-state index is 6.38. The molecule has 3 aromatic carbocycles. The van der Waals surface area contributed by atoms with Crippen molar-refractivity contribution in [2.75, 3.05) is 0 Å². The molecule has 0 aliphatic carbocycles. The van der Waals surface area contributed by atoms with Crippen LogP contribution in [0.2, 0.25) is 0 Å². The first-order valence-electron chi connectivity index (χ1n) is 7.20. The first-order chi connectivity index (χ1) is 10.2. The lowest BCUT2D eigenvalue weighted by Crippen LogP contribution is -2.20. The minimum atomic E-state index is 0.0441. The number of thioether (sulfide) groups is 1. The van der Waals surface area contributed by atoms with Crippen LogP contribution in [0.3, 0.4) is 0 Å². The molecule has 0 saturated carbocycles. The molecule has 3 aromatic rings. The van der Waals surface area contributed by atoms with Crippen LogP contribution in [-0.4, -0.2) is 5.25 Å². The lowest BCUT2D eigenvalue weighted by molar-refractivity contribution is 0.715. The topological polar surface area (TPSA) is 26.0 Å². The molecule has 0 heterocycles. The van der Waals surface area contributed by atoms with E-state index in [1.54, 1.807) is 0 Å². The van der Waals surface area contributed by atoms with E-state index in [1.807, 2.05) is 30.0 Å². The number of hydrogen-bond acceptors (Lipinski definition) is 2. The third-order valence-corrected chi connectivity index (χ3v) is 4.92. The third kappa shape index (κ3) is 3.29. The van der Waals surface area contributed by atoms with Crippen molar-refractivity contribution in [1.82, 2.24) is 0 Å². The summed E-state index contributed by atoms with van der Waals surface area (Å²) in [7, 11) is 0. The molecule has 0 amide bonds. The van der Waals surface area contributed by atoms with Crippen LogP contribution in [0, 0.1) is 0 Å². The summed E-state index contributed by atoms with van der Waals surface area (Å²) in [6.45, 7) is 2.19. The van der Waals surface area contributed by atoms with Crippen molar-refractivity contribution >= 4 is 22.5 Å². The van der Waals surface area contributed by atoms with E-state index in [0.29, 0.717) is 5.25 Å². The molecule has 0 saturated heterocycles. The predicted molar refractivity (Wildman–Crippen MR) is 92.6 cm³/mol. The lowest BCUT2D eigenvalue weighted by atomic mass is 10.1. The second kappa shape index (κ2) is 6.33. The summed E-state index contributed by atoms with van der Waals surface area (Å²) in [6, 6.07) is 25.4.